The van der Waals surface area contributed by atoms with E-state index in [9.17, 15) is 4.79 Å². The molecule has 0 bridgehead atoms. The molecular weight excluding hydrogens is 388 g/mol. The fraction of sp³-hybridized carbons (Fsp3) is 0.136. The fourth-order valence-electron chi connectivity index (χ4n) is 2.58. The molecule has 0 aliphatic heterocycles. The van der Waals surface area contributed by atoms with Crippen LogP contribution < -0.4 is 15.8 Å². The van der Waals surface area contributed by atoms with Gasteiger partial charge in [-0.1, -0.05) is 31.5 Å². The third kappa shape index (κ3) is 5.33. The zero-order chi connectivity index (χ0) is 21.4. The quantitative estimate of drug-likeness (QED) is 0.476. The molecule has 29 heavy (non-hydrogen) atoms. The Bertz CT molecular complexity index is 1020. The number of ether oxygens (including phenoxy) is 1. The van der Waals surface area contributed by atoms with Crippen molar-refractivity contribution in [1.82, 2.24) is 4.98 Å². The molecule has 0 aliphatic rings. The summed E-state index contributed by atoms with van der Waals surface area (Å²) in [5.41, 5.74) is 8.50. The van der Waals surface area contributed by atoms with Crippen LogP contribution in [-0.2, 0) is 0 Å². The van der Waals surface area contributed by atoms with Crippen LogP contribution in [0.3, 0.4) is 0 Å². The van der Waals surface area contributed by atoms with Gasteiger partial charge in [0.1, 0.15) is 11.5 Å². The minimum absolute atomic E-state index is 0.263. The van der Waals surface area contributed by atoms with E-state index in [1.165, 1.54) is 6.21 Å². The first-order chi connectivity index (χ1) is 14.0. The Labute approximate surface area is 175 Å². The smallest absolute Gasteiger partial charge is 0.250 e. The van der Waals surface area contributed by atoms with E-state index in [4.69, 9.17) is 27.5 Å². The zero-order valence-electron chi connectivity index (χ0n) is 16.5. The van der Waals surface area contributed by atoms with E-state index >= 15 is 0 Å². The van der Waals surface area contributed by atoms with Gasteiger partial charge in [-0.05, 0) is 30.3 Å². The summed E-state index contributed by atoms with van der Waals surface area (Å²) in [5.74, 6) is 0.647. The number of carbonyl (C=O) groups is 1. The summed E-state index contributed by atoms with van der Waals surface area (Å²) in [7, 11) is 1.79. The number of pyridine rings is 1. The molecule has 0 saturated carbocycles. The van der Waals surface area contributed by atoms with Crippen molar-refractivity contribution in [3.8, 4) is 22.8 Å². The first kappa shape index (κ1) is 21.9. The van der Waals surface area contributed by atoms with Gasteiger partial charge in [-0.3, -0.25) is 9.78 Å². The van der Waals surface area contributed by atoms with Gasteiger partial charge in [0, 0.05) is 48.4 Å². The molecule has 6 nitrogen and oxygen atoms in total. The number of carbonyl (C=O) groups excluding carboxylic acids is 1. The van der Waals surface area contributed by atoms with Crippen molar-refractivity contribution >= 4 is 29.4 Å². The Morgan fingerprint density at radius 3 is 2.48 bits per heavy atom. The van der Waals surface area contributed by atoms with Gasteiger partial charge in [-0.2, -0.15) is 0 Å². The normalized spacial score (nSPS) is 9.79. The SMILES string of the molecule is CC.CNc1cc(Oc2ccnc(-c3ccc(C(N)=O)c(Cl)c3)c2)ccc1C=N. The number of aromatic nitrogens is 1. The number of benzene rings is 2. The minimum Gasteiger partial charge on any atom is -0.457 e. The first-order valence-corrected chi connectivity index (χ1v) is 9.45. The number of hydrogen-bond donors (Lipinski definition) is 3. The van der Waals surface area contributed by atoms with Gasteiger partial charge in [-0.15, -0.1) is 0 Å². The molecule has 0 saturated heterocycles. The van der Waals surface area contributed by atoms with E-state index in [1.54, 1.807) is 55.7 Å². The number of primary amides is 1. The highest BCUT2D eigenvalue weighted by Crippen LogP contribution is 2.30. The van der Waals surface area contributed by atoms with Gasteiger partial charge >= 0.3 is 0 Å². The maximum Gasteiger partial charge on any atom is 0.250 e. The van der Waals surface area contributed by atoms with Gasteiger partial charge in [0.2, 0.25) is 5.91 Å². The average Bonchev–Trinajstić information content (AvgIpc) is 2.75. The summed E-state index contributed by atoms with van der Waals surface area (Å²) < 4.78 is 5.91. The lowest BCUT2D eigenvalue weighted by molar-refractivity contribution is 0.100. The summed E-state index contributed by atoms with van der Waals surface area (Å²) in [4.78, 5) is 15.6. The van der Waals surface area contributed by atoms with E-state index in [-0.39, 0.29) is 10.6 Å². The number of halogens is 1. The third-order valence-corrected chi connectivity index (χ3v) is 4.26. The van der Waals surface area contributed by atoms with Crippen LogP contribution in [0.25, 0.3) is 11.3 Å². The number of amides is 1. The predicted octanol–water partition coefficient (Wildman–Crippen LogP) is 5.36. The van der Waals surface area contributed by atoms with E-state index in [2.05, 4.69) is 10.3 Å². The highest BCUT2D eigenvalue weighted by Gasteiger charge is 2.10. The third-order valence-electron chi connectivity index (χ3n) is 3.95. The largest absolute Gasteiger partial charge is 0.457 e. The lowest BCUT2D eigenvalue weighted by atomic mass is 10.1. The number of nitrogens with one attached hydrogen (secondary N) is 2. The van der Waals surface area contributed by atoms with Gasteiger partial charge in [-0.25, -0.2) is 0 Å². The number of anilines is 1. The molecule has 1 aromatic heterocycles. The molecule has 3 aromatic rings. The van der Waals surface area contributed by atoms with Crippen LogP contribution >= 0.6 is 11.6 Å². The topological polar surface area (TPSA) is 101 Å². The summed E-state index contributed by atoms with van der Waals surface area (Å²) >= 11 is 6.12. The summed E-state index contributed by atoms with van der Waals surface area (Å²) in [6.07, 6.45) is 2.91. The van der Waals surface area contributed by atoms with Crippen molar-refractivity contribution < 1.29 is 9.53 Å². The molecule has 4 N–H and O–H groups in total. The van der Waals surface area contributed by atoms with Crippen molar-refractivity contribution in [2.75, 3.05) is 12.4 Å². The highest BCUT2D eigenvalue weighted by molar-refractivity contribution is 6.34. The van der Waals surface area contributed by atoms with E-state index in [0.717, 1.165) is 16.8 Å². The van der Waals surface area contributed by atoms with Crippen LogP contribution in [0.2, 0.25) is 5.02 Å². The molecule has 1 amide bonds. The van der Waals surface area contributed by atoms with Crippen molar-refractivity contribution in [3.05, 3.63) is 70.9 Å². The van der Waals surface area contributed by atoms with Gasteiger partial charge in [0.05, 0.1) is 16.3 Å². The molecule has 7 heteroatoms. The number of nitrogens with zero attached hydrogens (tertiary/aromatic N) is 1. The molecule has 0 fully saturated rings. The second kappa shape index (κ2) is 10.2. The number of hydrogen-bond acceptors (Lipinski definition) is 5. The second-order valence-corrected chi connectivity index (χ2v) is 6.09. The monoisotopic (exact) mass is 410 g/mol. The zero-order valence-corrected chi connectivity index (χ0v) is 17.2. The van der Waals surface area contributed by atoms with Gasteiger partial charge < -0.3 is 21.2 Å². The van der Waals surface area contributed by atoms with Crippen molar-refractivity contribution in [1.29, 1.82) is 5.41 Å². The van der Waals surface area contributed by atoms with Crippen LogP contribution in [0.1, 0.15) is 29.8 Å². The molecule has 0 spiro atoms. The molecule has 0 unspecified atom stereocenters. The minimum atomic E-state index is -0.578. The maximum absolute atomic E-state index is 11.3. The number of rotatable bonds is 6. The Hall–Kier alpha value is -3.38. The Kier molecular flexibility index (Phi) is 7.74. The van der Waals surface area contributed by atoms with Gasteiger partial charge in [0.15, 0.2) is 0 Å². The molecule has 1 heterocycles. The molecule has 150 valence electrons. The maximum atomic E-state index is 11.3. The molecular formula is C22H23ClN4O2. The van der Waals surface area contributed by atoms with Crippen molar-refractivity contribution in [2.45, 2.75) is 13.8 Å². The Morgan fingerprint density at radius 2 is 1.86 bits per heavy atom. The molecule has 0 atom stereocenters. The van der Waals surface area contributed by atoms with Crippen molar-refractivity contribution in [3.63, 3.8) is 0 Å². The Balaban J connectivity index is 0.00000145. The van der Waals surface area contributed by atoms with Crippen LogP contribution in [0, 0.1) is 5.41 Å². The van der Waals surface area contributed by atoms with Crippen LogP contribution in [0.5, 0.6) is 11.5 Å². The molecule has 3 rings (SSSR count). The van der Waals surface area contributed by atoms with Gasteiger partial charge in [0.25, 0.3) is 0 Å². The van der Waals surface area contributed by atoms with E-state index in [1.807, 2.05) is 19.9 Å². The van der Waals surface area contributed by atoms with Crippen LogP contribution in [0.15, 0.2) is 54.7 Å². The van der Waals surface area contributed by atoms with Crippen LogP contribution in [-0.4, -0.2) is 24.2 Å². The average molecular weight is 411 g/mol. The predicted molar refractivity (Wildman–Crippen MR) is 118 cm³/mol. The molecule has 0 radical (unpaired) electrons. The van der Waals surface area contributed by atoms with Crippen molar-refractivity contribution in [2.24, 2.45) is 5.73 Å². The molecule has 0 aliphatic carbocycles. The lowest BCUT2D eigenvalue weighted by Crippen LogP contribution is -2.11. The van der Waals surface area contributed by atoms with Crippen LogP contribution in [0.4, 0.5) is 5.69 Å². The van der Waals surface area contributed by atoms with E-state index in [0.29, 0.717) is 17.2 Å². The second-order valence-electron chi connectivity index (χ2n) is 5.68. The Morgan fingerprint density at radius 1 is 1.14 bits per heavy atom. The summed E-state index contributed by atoms with van der Waals surface area (Å²) in [6, 6.07) is 13.9. The number of nitrogens with two attached hydrogens (primary N) is 1. The fourth-order valence-corrected chi connectivity index (χ4v) is 2.86. The lowest BCUT2D eigenvalue weighted by Gasteiger charge is -2.11. The standard InChI is InChI=1S/C20H17ClN4O2.C2H6/c1-24-18-9-14(4-2-13(18)11-22)27-15-6-7-25-19(10-15)12-3-5-16(20(23)26)17(21)8-12;1-2/h2-11,22,24H,1H3,(H2,23,26);1-2H3. The summed E-state index contributed by atoms with van der Waals surface area (Å²) in [5, 5.41) is 10.7. The highest BCUT2D eigenvalue weighted by atomic mass is 35.5. The van der Waals surface area contributed by atoms with E-state index < -0.39 is 5.91 Å². The molecule has 2 aromatic carbocycles. The summed E-state index contributed by atoms with van der Waals surface area (Å²) in [6.45, 7) is 4.00. The first-order valence-electron chi connectivity index (χ1n) is 9.07.